The molecule has 6 heteroatoms. The largest absolute Gasteiger partial charge is 0.456 e. The third-order valence-electron chi connectivity index (χ3n) is 11.2. The van der Waals surface area contributed by atoms with Crippen molar-refractivity contribution in [2.24, 2.45) is 0 Å². The highest BCUT2D eigenvalue weighted by Gasteiger charge is 2.30. The second-order valence-electron chi connectivity index (χ2n) is 14.0. The summed E-state index contributed by atoms with van der Waals surface area (Å²) in [5, 5.41) is 12.0. The monoisotopic (exact) mass is 707 g/mol. The van der Waals surface area contributed by atoms with Crippen LogP contribution in [0.1, 0.15) is 0 Å². The molecule has 5 aromatic heterocycles. The summed E-state index contributed by atoms with van der Waals surface area (Å²) in [5.41, 5.74) is 9.74. The number of rotatable bonds is 2. The summed E-state index contributed by atoms with van der Waals surface area (Å²) >= 11 is 1.73. The Kier molecular flexibility index (Phi) is 5.51. The molecule has 0 fully saturated rings. The number of hydrogen-bond acceptors (Lipinski definition) is 5. The van der Waals surface area contributed by atoms with Crippen LogP contribution in [0.3, 0.4) is 0 Å². The first-order valence-corrected chi connectivity index (χ1v) is 18.9. The van der Waals surface area contributed by atoms with Crippen molar-refractivity contribution in [1.82, 2.24) is 14.5 Å². The van der Waals surface area contributed by atoms with Gasteiger partial charge in [0.1, 0.15) is 27.6 Å². The number of pyridine rings is 2. The summed E-state index contributed by atoms with van der Waals surface area (Å²) in [7, 11) is 0. The van der Waals surface area contributed by atoms with Crippen molar-refractivity contribution in [3.05, 3.63) is 152 Å². The van der Waals surface area contributed by atoms with Crippen LogP contribution in [0.25, 0.3) is 115 Å². The quantitative estimate of drug-likeness (QED) is 0.179. The predicted octanol–water partition coefficient (Wildman–Crippen LogP) is 13.5. The third-order valence-corrected chi connectivity index (χ3v) is 12.3. The predicted molar refractivity (Wildman–Crippen MR) is 221 cm³/mol. The van der Waals surface area contributed by atoms with Crippen LogP contribution < -0.4 is 0 Å². The number of benzene rings is 7. The zero-order valence-corrected chi connectivity index (χ0v) is 29.3. The van der Waals surface area contributed by atoms with Crippen LogP contribution in [-0.2, 0) is 0 Å². The van der Waals surface area contributed by atoms with Crippen molar-refractivity contribution in [2.45, 2.75) is 9.92 Å². The summed E-state index contributed by atoms with van der Waals surface area (Å²) in [6.07, 6.45) is 1.93. The minimum atomic E-state index is 0.828. The number of furan rings is 2. The molecule has 13 rings (SSSR count). The average Bonchev–Trinajstić information content (AvgIpc) is 3.91. The summed E-state index contributed by atoms with van der Waals surface area (Å²) < 4.78 is 15.9. The molecule has 0 saturated carbocycles. The second kappa shape index (κ2) is 10.4. The Morgan fingerprint density at radius 1 is 0.500 bits per heavy atom. The van der Waals surface area contributed by atoms with E-state index in [1.54, 1.807) is 11.8 Å². The van der Waals surface area contributed by atoms with Crippen LogP contribution >= 0.6 is 11.8 Å². The van der Waals surface area contributed by atoms with E-state index in [1.807, 2.05) is 18.3 Å². The minimum Gasteiger partial charge on any atom is -0.456 e. The maximum Gasteiger partial charge on any atom is 0.160 e. The lowest BCUT2D eigenvalue weighted by molar-refractivity contribution is 0.669. The molecule has 0 N–H and O–H groups in total. The lowest BCUT2D eigenvalue weighted by atomic mass is 9.94. The first kappa shape index (κ1) is 28.7. The Labute approximate surface area is 311 Å². The van der Waals surface area contributed by atoms with Gasteiger partial charge < -0.3 is 8.83 Å². The molecule has 0 aliphatic carbocycles. The fourth-order valence-electron chi connectivity index (χ4n) is 9.08. The van der Waals surface area contributed by atoms with Gasteiger partial charge in [-0.05, 0) is 53.4 Å². The van der Waals surface area contributed by atoms with Crippen molar-refractivity contribution in [1.29, 1.82) is 0 Å². The Morgan fingerprint density at radius 2 is 1.22 bits per heavy atom. The maximum atomic E-state index is 7.06. The van der Waals surface area contributed by atoms with Crippen LogP contribution in [0, 0.1) is 0 Å². The molecule has 0 bridgehead atoms. The summed E-state index contributed by atoms with van der Waals surface area (Å²) in [4.78, 5) is 11.9. The fourth-order valence-corrected chi connectivity index (χ4v) is 10.1. The van der Waals surface area contributed by atoms with Gasteiger partial charge in [0, 0.05) is 70.7 Å². The van der Waals surface area contributed by atoms with Gasteiger partial charge in [-0.3, -0.25) is 4.57 Å². The highest BCUT2D eigenvalue weighted by Crippen LogP contribution is 2.53. The Hall–Kier alpha value is -6.89. The molecule has 54 heavy (non-hydrogen) atoms. The van der Waals surface area contributed by atoms with E-state index in [1.165, 1.54) is 10.5 Å². The molecule has 0 unspecified atom stereocenters. The second-order valence-corrected chi connectivity index (χ2v) is 15.0. The SMILES string of the molecule is c1ccc(-c2nc(-n3c4ccccc4c4c5ccc6oc7ccccc7c6c5c5c6ccccc6oc5c43)c3ccnc4c3c2-c2ccccc2S4)cc1. The highest BCUT2D eigenvalue weighted by molar-refractivity contribution is 7.99. The number of para-hydroxylation sites is 3. The molecule has 0 amide bonds. The zero-order valence-electron chi connectivity index (χ0n) is 28.5. The molecule has 6 heterocycles. The molecule has 12 aromatic rings. The molecule has 1 aliphatic rings. The molecule has 0 spiro atoms. The Bertz CT molecular complexity index is 3600. The molecule has 0 saturated heterocycles. The van der Waals surface area contributed by atoms with E-state index in [2.05, 4.69) is 138 Å². The average molecular weight is 708 g/mol. The van der Waals surface area contributed by atoms with Crippen molar-refractivity contribution >= 4 is 99.0 Å². The fraction of sp³-hybridized carbons (Fsp3) is 0. The van der Waals surface area contributed by atoms with E-state index in [9.17, 15) is 0 Å². The lowest BCUT2D eigenvalue weighted by Gasteiger charge is -2.24. The van der Waals surface area contributed by atoms with Gasteiger partial charge in [0.25, 0.3) is 0 Å². The van der Waals surface area contributed by atoms with Gasteiger partial charge >= 0.3 is 0 Å². The first-order valence-electron chi connectivity index (χ1n) is 18.1. The van der Waals surface area contributed by atoms with Crippen molar-refractivity contribution in [2.75, 3.05) is 0 Å². The standard InChI is InChI=1S/C48H25N3O2S/c1-2-12-26(13-3-1)44-41-30-17-7-11-21-37(30)54-48-43(41)32(24-25-49-48)47(50-44)51-33-18-8-4-14-27(33)38-31-22-23-36-39(28-15-5-9-19-34(28)52-36)40(31)42-29-16-6-10-20-35(29)53-46(42)45(38)51/h1-25H. The zero-order chi connectivity index (χ0) is 35.1. The van der Waals surface area contributed by atoms with Crippen LogP contribution in [0.4, 0.5) is 0 Å². The van der Waals surface area contributed by atoms with Gasteiger partial charge in [0.15, 0.2) is 5.58 Å². The molecule has 7 aromatic carbocycles. The smallest absolute Gasteiger partial charge is 0.160 e. The van der Waals surface area contributed by atoms with Gasteiger partial charge in [-0.1, -0.05) is 115 Å². The van der Waals surface area contributed by atoms with E-state index in [0.717, 1.165) is 115 Å². The maximum absolute atomic E-state index is 7.06. The molecule has 0 radical (unpaired) electrons. The van der Waals surface area contributed by atoms with Crippen molar-refractivity contribution in [3.63, 3.8) is 0 Å². The Balaban J connectivity index is 1.30. The van der Waals surface area contributed by atoms with Crippen LogP contribution in [0.15, 0.2) is 171 Å². The summed E-state index contributed by atoms with van der Waals surface area (Å²) in [6, 6.07) is 51.1. The third kappa shape index (κ3) is 3.60. The first-order chi connectivity index (χ1) is 26.8. The molecular formula is C48H25N3O2S. The van der Waals surface area contributed by atoms with Crippen LogP contribution in [-0.4, -0.2) is 14.5 Å². The van der Waals surface area contributed by atoms with Gasteiger partial charge in [-0.25, -0.2) is 9.97 Å². The van der Waals surface area contributed by atoms with Crippen molar-refractivity contribution < 1.29 is 8.83 Å². The minimum absolute atomic E-state index is 0.828. The molecule has 5 nitrogen and oxygen atoms in total. The summed E-state index contributed by atoms with van der Waals surface area (Å²) in [6.45, 7) is 0. The number of aromatic nitrogens is 3. The normalized spacial score (nSPS) is 12.7. The van der Waals surface area contributed by atoms with Crippen LogP contribution in [0.5, 0.6) is 0 Å². The van der Waals surface area contributed by atoms with E-state index < -0.39 is 0 Å². The summed E-state index contributed by atoms with van der Waals surface area (Å²) in [5.74, 6) is 0.846. The van der Waals surface area contributed by atoms with E-state index in [0.29, 0.717) is 0 Å². The van der Waals surface area contributed by atoms with Gasteiger partial charge in [0.2, 0.25) is 0 Å². The van der Waals surface area contributed by atoms with Gasteiger partial charge in [-0.15, -0.1) is 0 Å². The highest BCUT2D eigenvalue weighted by atomic mass is 32.2. The lowest BCUT2D eigenvalue weighted by Crippen LogP contribution is -2.06. The van der Waals surface area contributed by atoms with E-state index in [4.69, 9.17) is 18.8 Å². The van der Waals surface area contributed by atoms with E-state index in [-0.39, 0.29) is 0 Å². The van der Waals surface area contributed by atoms with Gasteiger partial charge in [-0.2, -0.15) is 0 Å². The molecule has 1 aliphatic heterocycles. The number of hydrogen-bond donors (Lipinski definition) is 0. The number of fused-ring (bicyclic) bond motifs is 16. The van der Waals surface area contributed by atoms with Crippen LogP contribution in [0.2, 0.25) is 0 Å². The van der Waals surface area contributed by atoms with Gasteiger partial charge in [0.05, 0.1) is 16.7 Å². The van der Waals surface area contributed by atoms with E-state index >= 15 is 0 Å². The topological polar surface area (TPSA) is 57.0 Å². The van der Waals surface area contributed by atoms with Crippen molar-refractivity contribution in [3.8, 4) is 28.2 Å². The number of nitrogens with zero attached hydrogens (tertiary/aromatic N) is 3. The molecule has 0 atom stereocenters. The Morgan fingerprint density at radius 3 is 2.09 bits per heavy atom. The molecular weight excluding hydrogens is 683 g/mol. The molecule has 250 valence electrons.